The smallest absolute Gasteiger partial charge is 0.251 e. The Hall–Kier alpha value is -2.00. The molecule has 0 saturated carbocycles. The number of piperidine rings is 1. The number of aromatic amines is 1. The number of fused-ring (bicyclic) bond motifs is 1. The maximum absolute atomic E-state index is 12.3. The lowest BCUT2D eigenvalue weighted by molar-refractivity contribution is 0.0921. The Kier molecular flexibility index (Phi) is 3.83. The highest BCUT2D eigenvalue weighted by Crippen LogP contribution is 2.15. The van der Waals surface area contributed by atoms with Crippen molar-refractivity contribution in [3.8, 4) is 0 Å². The molecule has 0 spiro atoms. The topological polar surface area (TPSA) is 108 Å². The molecule has 3 rings (SSSR count). The maximum atomic E-state index is 12.3. The molecule has 2 heterocycles. The van der Waals surface area contributed by atoms with Gasteiger partial charge in [-0.3, -0.25) is 4.79 Å². The molecule has 1 aromatic heterocycles. The Labute approximate surface area is 127 Å². The van der Waals surface area contributed by atoms with Crippen LogP contribution in [0.4, 0.5) is 0 Å². The fourth-order valence-electron chi connectivity index (χ4n) is 2.61. The average molecular weight is 323 g/mol. The van der Waals surface area contributed by atoms with Crippen molar-refractivity contribution in [1.82, 2.24) is 25.0 Å². The Balaban J connectivity index is 1.70. The molecule has 0 aliphatic carbocycles. The lowest BCUT2D eigenvalue weighted by atomic mass is 10.1. The molecule has 1 atom stereocenters. The van der Waals surface area contributed by atoms with Crippen LogP contribution in [0, 0.1) is 0 Å². The number of sulfonamides is 1. The van der Waals surface area contributed by atoms with E-state index < -0.39 is 10.0 Å². The molecule has 8 nitrogen and oxygen atoms in total. The first-order chi connectivity index (χ1) is 10.4. The van der Waals surface area contributed by atoms with Crippen LogP contribution in [0.15, 0.2) is 18.2 Å². The van der Waals surface area contributed by atoms with Gasteiger partial charge in [0.1, 0.15) is 11.0 Å². The monoisotopic (exact) mass is 323 g/mol. The highest BCUT2D eigenvalue weighted by atomic mass is 32.2. The van der Waals surface area contributed by atoms with Gasteiger partial charge in [0.05, 0.1) is 6.26 Å². The van der Waals surface area contributed by atoms with Gasteiger partial charge in [-0.25, -0.2) is 12.7 Å². The molecule has 1 saturated heterocycles. The number of carbonyl (C=O) groups is 1. The van der Waals surface area contributed by atoms with Gasteiger partial charge in [0.25, 0.3) is 5.91 Å². The first kappa shape index (κ1) is 14.9. The Morgan fingerprint density at radius 2 is 2.14 bits per heavy atom. The molecule has 1 aromatic carbocycles. The molecular weight excluding hydrogens is 306 g/mol. The number of hydrogen-bond acceptors (Lipinski definition) is 5. The summed E-state index contributed by atoms with van der Waals surface area (Å²) in [5.41, 5.74) is 1.80. The van der Waals surface area contributed by atoms with Crippen LogP contribution in [0.1, 0.15) is 23.2 Å². The lowest BCUT2D eigenvalue weighted by Gasteiger charge is -2.31. The van der Waals surface area contributed by atoms with Gasteiger partial charge >= 0.3 is 0 Å². The zero-order valence-electron chi connectivity index (χ0n) is 12.1. The van der Waals surface area contributed by atoms with Crippen molar-refractivity contribution in [3.05, 3.63) is 23.8 Å². The summed E-state index contributed by atoms with van der Waals surface area (Å²) in [6.07, 6.45) is 2.69. The van der Waals surface area contributed by atoms with Crippen LogP contribution in [0.3, 0.4) is 0 Å². The summed E-state index contributed by atoms with van der Waals surface area (Å²) in [5.74, 6) is -0.231. The molecule has 2 N–H and O–H groups in total. The highest BCUT2D eigenvalue weighted by molar-refractivity contribution is 7.88. The first-order valence-corrected chi connectivity index (χ1v) is 8.85. The summed E-state index contributed by atoms with van der Waals surface area (Å²) in [7, 11) is -3.22. The maximum Gasteiger partial charge on any atom is 0.251 e. The fourth-order valence-corrected chi connectivity index (χ4v) is 3.52. The number of aromatic nitrogens is 3. The number of nitrogens with one attached hydrogen (secondary N) is 2. The Bertz CT molecular complexity index is 801. The van der Waals surface area contributed by atoms with E-state index in [1.807, 2.05) is 0 Å². The van der Waals surface area contributed by atoms with Gasteiger partial charge < -0.3 is 5.32 Å². The van der Waals surface area contributed by atoms with Gasteiger partial charge in [0.15, 0.2) is 0 Å². The fraction of sp³-hybridized carbons (Fsp3) is 0.462. The van der Waals surface area contributed by atoms with Gasteiger partial charge in [0.2, 0.25) is 10.0 Å². The average Bonchev–Trinajstić information content (AvgIpc) is 2.94. The van der Waals surface area contributed by atoms with Crippen molar-refractivity contribution in [2.45, 2.75) is 18.9 Å². The van der Waals surface area contributed by atoms with Crippen LogP contribution in [0.2, 0.25) is 0 Å². The molecule has 0 radical (unpaired) electrons. The van der Waals surface area contributed by atoms with Crippen molar-refractivity contribution in [3.63, 3.8) is 0 Å². The van der Waals surface area contributed by atoms with Crippen LogP contribution < -0.4 is 5.32 Å². The lowest BCUT2D eigenvalue weighted by Crippen LogP contribution is -2.49. The van der Waals surface area contributed by atoms with Crippen LogP contribution in [-0.2, 0) is 10.0 Å². The molecule has 2 aromatic rings. The number of H-pyrrole nitrogens is 1. The summed E-state index contributed by atoms with van der Waals surface area (Å²) in [4.78, 5) is 12.3. The predicted molar refractivity (Wildman–Crippen MR) is 80.8 cm³/mol. The van der Waals surface area contributed by atoms with E-state index in [2.05, 4.69) is 20.7 Å². The van der Waals surface area contributed by atoms with Gasteiger partial charge in [-0.2, -0.15) is 15.4 Å². The summed E-state index contributed by atoms with van der Waals surface area (Å²) >= 11 is 0. The minimum absolute atomic E-state index is 0.177. The third-order valence-corrected chi connectivity index (χ3v) is 5.04. The molecule has 22 heavy (non-hydrogen) atoms. The molecule has 0 bridgehead atoms. The van der Waals surface area contributed by atoms with Crippen molar-refractivity contribution < 1.29 is 13.2 Å². The molecule has 118 valence electrons. The second-order valence-electron chi connectivity index (χ2n) is 5.46. The van der Waals surface area contributed by atoms with Crippen LogP contribution in [-0.4, -0.2) is 59.4 Å². The van der Waals surface area contributed by atoms with Gasteiger partial charge in [-0.05, 0) is 31.0 Å². The third-order valence-electron chi connectivity index (χ3n) is 3.77. The molecule has 1 amide bonds. The number of rotatable bonds is 3. The highest BCUT2D eigenvalue weighted by Gasteiger charge is 2.27. The van der Waals surface area contributed by atoms with Gasteiger partial charge in [0, 0.05) is 24.7 Å². The number of amides is 1. The standard InChI is InChI=1S/C13H17N5O3S/c1-22(20,21)18-6-2-3-10(8-18)14-13(19)9-4-5-11-12(7-9)16-17-15-11/h4-5,7,10H,2-3,6,8H2,1H3,(H,14,19)(H,15,16,17). The van der Waals surface area contributed by atoms with E-state index in [0.717, 1.165) is 12.8 Å². The van der Waals surface area contributed by atoms with E-state index in [4.69, 9.17) is 0 Å². The number of carbonyl (C=O) groups excluding carboxylic acids is 1. The van der Waals surface area contributed by atoms with Crippen molar-refractivity contribution in [1.29, 1.82) is 0 Å². The van der Waals surface area contributed by atoms with Crippen molar-refractivity contribution in [2.24, 2.45) is 0 Å². The third kappa shape index (κ3) is 3.09. The molecule has 1 unspecified atom stereocenters. The summed E-state index contributed by atoms with van der Waals surface area (Å²) in [5, 5.41) is 13.3. The quantitative estimate of drug-likeness (QED) is 0.833. The van der Waals surface area contributed by atoms with Gasteiger partial charge in [-0.15, -0.1) is 0 Å². The summed E-state index contributed by atoms with van der Waals surface area (Å²) < 4.78 is 24.6. The van der Waals surface area contributed by atoms with Crippen molar-refractivity contribution >= 4 is 27.0 Å². The first-order valence-electron chi connectivity index (χ1n) is 7.00. The van der Waals surface area contributed by atoms with E-state index in [1.54, 1.807) is 18.2 Å². The minimum Gasteiger partial charge on any atom is -0.348 e. The predicted octanol–water partition coefficient (Wildman–Crippen LogP) is 0.112. The molecule has 1 fully saturated rings. The molecule has 1 aliphatic heterocycles. The SMILES string of the molecule is CS(=O)(=O)N1CCCC(NC(=O)c2ccc3n[nH]nc3c2)C1. The van der Waals surface area contributed by atoms with Crippen LogP contribution in [0.5, 0.6) is 0 Å². The Morgan fingerprint density at radius 3 is 2.91 bits per heavy atom. The molecular formula is C13H17N5O3S. The minimum atomic E-state index is -3.22. The zero-order chi connectivity index (χ0) is 15.7. The van der Waals surface area contributed by atoms with Crippen molar-refractivity contribution in [2.75, 3.05) is 19.3 Å². The van der Waals surface area contributed by atoms with Crippen LogP contribution in [0.25, 0.3) is 11.0 Å². The second-order valence-corrected chi connectivity index (χ2v) is 7.44. The summed E-state index contributed by atoms with van der Waals surface area (Å²) in [6.45, 7) is 0.826. The summed E-state index contributed by atoms with van der Waals surface area (Å²) in [6, 6.07) is 4.88. The van der Waals surface area contributed by atoms with Gasteiger partial charge in [-0.1, -0.05) is 0 Å². The molecule has 1 aliphatic rings. The van der Waals surface area contributed by atoms with E-state index in [0.29, 0.717) is 29.7 Å². The second kappa shape index (κ2) is 5.65. The largest absolute Gasteiger partial charge is 0.348 e. The number of hydrogen-bond donors (Lipinski definition) is 2. The zero-order valence-corrected chi connectivity index (χ0v) is 12.9. The normalized spacial score (nSPS) is 20.1. The Morgan fingerprint density at radius 1 is 1.36 bits per heavy atom. The van der Waals surface area contributed by atoms with Crippen LogP contribution >= 0.6 is 0 Å². The van der Waals surface area contributed by atoms with E-state index in [9.17, 15) is 13.2 Å². The number of benzene rings is 1. The number of nitrogens with zero attached hydrogens (tertiary/aromatic N) is 3. The van der Waals surface area contributed by atoms with E-state index in [-0.39, 0.29) is 11.9 Å². The van der Waals surface area contributed by atoms with E-state index in [1.165, 1.54) is 10.6 Å². The van der Waals surface area contributed by atoms with E-state index >= 15 is 0 Å². The molecule has 9 heteroatoms.